The Balaban J connectivity index is 0.00000196. The summed E-state index contributed by atoms with van der Waals surface area (Å²) in [6.45, 7) is 2.01. The fourth-order valence-electron chi connectivity index (χ4n) is 0.981. The zero-order valence-electron chi connectivity index (χ0n) is 8.38. The fraction of sp³-hybridized carbons (Fsp3) is 0.333. The Morgan fingerprint density at radius 1 is 1.33 bits per heavy atom. The molecule has 86 valence electrons. The van der Waals surface area contributed by atoms with Gasteiger partial charge in [-0.25, -0.2) is 13.1 Å². The highest BCUT2D eigenvalue weighted by atomic mass is 35.5. The van der Waals surface area contributed by atoms with Crippen molar-refractivity contribution in [1.29, 1.82) is 0 Å². The molecule has 6 heteroatoms. The predicted molar refractivity (Wildman–Crippen MR) is 62.5 cm³/mol. The Morgan fingerprint density at radius 3 is 2.33 bits per heavy atom. The van der Waals surface area contributed by atoms with Crippen molar-refractivity contribution in [1.82, 2.24) is 4.72 Å². The molecule has 0 fully saturated rings. The van der Waals surface area contributed by atoms with Crippen molar-refractivity contribution >= 4 is 22.4 Å². The Hall–Kier alpha value is -0.620. The summed E-state index contributed by atoms with van der Waals surface area (Å²) in [6, 6.07) is 7.98. The van der Waals surface area contributed by atoms with Gasteiger partial charge in [0.25, 0.3) is 0 Å². The first-order valence-electron chi connectivity index (χ1n) is 4.33. The van der Waals surface area contributed by atoms with Crippen molar-refractivity contribution in [3.05, 3.63) is 30.3 Å². The van der Waals surface area contributed by atoms with Crippen molar-refractivity contribution in [3.8, 4) is 0 Å². The van der Waals surface area contributed by atoms with Crippen LogP contribution in [0.5, 0.6) is 0 Å². The molecule has 0 spiro atoms. The molecule has 3 N–H and O–H groups in total. The summed E-state index contributed by atoms with van der Waals surface area (Å²) < 4.78 is 25.7. The smallest absolute Gasteiger partial charge is 0.240 e. The minimum absolute atomic E-state index is 0. The van der Waals surface area contributed by atoms with E-state index in [0.717, 1.165) is 0 Å². The minimum Gasteiger partial charge on any atom is -0.329 e. The third kappa shape index (κ3) is 4.17. The lowest BCUT2D eigenvalue weighted by atomic mass is 10.4. The van der Waals surface area contributed by atoms with Gasteiger partial charge in [-0.3, -0.25) is 0 Å². The van der Waals surface area contributed by atoms with E-state index >= 15 is 0 Å². The maximum Gasteiger partial charge on any atom is 0.240 e. The van der Waals surface area contributed by atoms with Crippen LogP contribution >= 0.6 is 12.4 Å². The molecule has 1 rings (SSSR count). The Kier molecular flexibility index (Phi) is 5.82. The maximum absolute atomic E-state index is 11.6. The van der Waals surface area contributed by atoms with Gasteiger partial charge >= 0.3 is 0 Å². The Labute approximate surface area is 96.3 Å². The van der Waals surface area contributed by atoms with Crippen LogP contribution in [0.2, 0.25) is 0 Å². The maximum atomic E-state index is 11.6. The van der Waals surface area contributed by atoms with Crippen molar-refractivity contribution in [3.63, 3.8) is 0 Å². The molecule has 0 saturated carbocycles. The molecule has 0 amide bonds. The second kappa shape index (κ2) is 6.07. The molecule has 1 aromatic rings. The molecule has 4 nitrogen and oxygen atoms in total. The Morgan fingerprint density at radius 2 is 1.87 bits per heavy atom. The van der Waals surface area contributed by atoms with Gasteiger partial charge in [0.05, 0.1) is 4.90 Å². The third-order valence-electron chi connectivity index (χ3n) is 1.76. The molecule has 0 aromatic heterocycles. The van der Waals surface area contributed by atoms with Crippen LogP contribution < -0.4 is 10.5 Å². The van der Waals surface area contributed by atoms with Crippen LogP contribution in [0.4, 0.5) is 0 Å². The molecule has 0 aliphatic heterocycles. The highest BCUT2D eigenvalue weighted by Crippen LogP contribution is 2.07. The molecule has 15 heavy (non-hydrogen) atoms. The van der Waals surface area contributed by atoms with Gasteiger partial charge in [-0.05, 0) is 19.1 Å². The molecular formula is C9H15ClN2O2S. The number of rotatable bonds is 4. The van der Waals surface area contributed by atoms with Gasteiger partial charge in [0.15, 0.2) is 0 Å². The number of hydrogen-bond donors (Lipinski definition) is 2. The molecule has 0 saturated heterocycles. The molecular weight excluding hydrogens is 236 g/mol. The number of nitrogens with two attached hydrogens (primary N) is 1. The van der Waals surface area contributed by atoms with Gasteiger partial charge < -0.3 is 5.73 Å². The SMILES string of the molecule is C[C@@H](CN)NS(=O)(=O)c1ccccc1.Cl. The molecule has 0 radical (unpaired) electrons. The van der Waals surface area contributed by atoms with Gasteiger partial charge in [-0.1, -0.05) is 18.2 Å². The molecule has 0 aliphatic rings. The highest BCUT2D eigenvalue weighted by molar-refractivity contribution is 7.89. The number of hydrogen-bond acceptors (Lipinski definition) is 3. The molecule has 0 unspecified atom stereocenters. The normalized spacial score (nSPS) is 12.9. The first kappa shape index (κ1) is 14.4. The summed E-state index contributed by atoms with van der Waals surface area (Å²) in [5, 5.41) is 0. The van der Waals surface area contributed by atoms with Crippen LogP contribution in [0.15, 0.2) is 35.2 Å². The molecule has 0 heterocycles. The van der Waals surface area contributed by atoms with Crippen molar-refractivity contribution in [2.45, 2.75) is 17.9 Å². The lowest BCUT2D eigenvalue weighted by Crippen LogP contribution is -2.37. The number of benzene rings is 1. The first-order chi connectivity index (χ1) is 6.56. The second-order valence-corrected chi connectivity index (χ2v) is 4.79. The minimum atomic E-state index is -3.40. The van der Waals surface area contributed by atoms with Gasteiger partial charge in [0.2, 0.25) is 10.0 Å². The van der Waals surface area contributed by atoms with E-state index in [9.17, 15) is 8.42 Å². The van der Waals surface area contributed by atoms with Crippen LogP contribution in [0.3, 0.4) is 0 Å². The van der Waals surface area contributed by atoms with Crippen molar-refractivity contribution < 1.29 is 8.42 Å². The monoisotopic (exact) mass is 250 g/mol. The third-order valence-corrected chi connectivity index (χ3v) is 3.37. The zero-order valence-corrected chi connectivity index (χ0v) is 10.0. The van der Waals surface area contributed by atoms with E-state index in [1.54, 1.807) is 37.3 Å². The average Bonchev–Trinajstić information content (AvgIpc) is 2.18. The lowest BCUT2D eigenvalue weighted by molar-refractivity contribution is 0.562. The van der Waals surface area contributed by atoms with Crippen LogP contribution in [0, 0.1) is 0 Å². The van der Waals surface area contributed by atoms with Crippen LogP contribution in [-0.4, -0.2) is 21.0 Å². The van der Waals surface area contributed by atoms with Gasteiger partial charge in [-0.15, -0.1) is 12.4 Å². The summed E-state index contributed by atoms with van der Waals surface area (Å²) in [7, 11) is -3.40. The van der Waals surface area contributed by atoms with E-state index in [4.69, 9.17) is 5.73 Å². The van der Waals surface area contributed by atoms with E-state index < -0.39 is 10.0 Å². The molecule has 0 bridgehead atoms. The van der Waals surface area contributed by atoms with Crippen molar-refractivity contribution in [2.24, 2.45) is 5.73 Å². The highest BCUT2D eigenvalue weighted by Gasteiger charge is 2.15. The van der Waals surface area contributed by atoms with Crippen molar-refractivity contribution in [2.75, 3.05) is 6.54 Å². The zero-order chi connectivity index (χ0) is 10.6. The number of halogens is 1. The van der Waals surface area contributed by atoms with Gasteiger partial charge in [0.1, 0.15) is 0 Å². The average molecular weight is 251 g/mol. The Bertz CT molecular complexity index is 380. The standard InChI is InChI=1S/C9H14N2O2S.ClH/c1-8(7-10)11-14(12,13)9-5-3-2-4-6-9;/h2-6,8,11H,7,10H2,1H3;1H/t8-;/m0./s1. The summed E-state index contributed by atoms with van der Waals surface area (Å²) in [5.74, 6) is 0. The molecule has 1 aromatic carbocycles. The second-order valence-electron chi connectivity index (χ2n) is 3.07. The summed E-state index contributed by atoms with van der Waals surface area (Å²) in [4.78, 5) is 0.264. The van der Waals surface area contributed by atoms with E-state index in [2.05, 4.69) is 4.72 Å². The largest absolute Gasteiger partial charge is 0.329 e. The number of nitrogens with one attached hydrogen (secondary N) is 1. The molecule has 0 aliphatic carbocycles. The lowest BCUT2D eigenvalue weighted by Gasteiger charge is -2.11. The fourth-order valence-corrected chi connectivity index (χ4v) is 2.26. The first-order valence-corrected chi connectivity index (χ1v) is 5.82. The van der Waals surface area contributed by atoms with Gasteiger partial charge in [0, 0.05) is 12.6 Å². The predicted octanol–water partition coefficient (Wildman–Crippen LogP) is 0.734. The number of sulfonamides is 1. The van der Waals surface area contributed by atoms with E-state index in [0.29, 0.717) is 0 Å². The summed E-state index contributed by atoms with van der Waals surface area (Å²) >= 11 is 0. The van der Waals surface area contributed by atoms with Crippen LogP contribution in [0.1, 0.15) is 6.92 Å². The van der Waals surface area contributed by atoms with Crippen LogP contribution in [-0.2, 0) is 10.0 Å². The topological polar surface area (TPSA) is 72.2 Å². The van der Waals surface area contributed by atoms with E-state index in [-0.39, 0.29) is 29.9 Å². The van der Waals surface area contributed by atoms with Gasteiger partial charge in [-0.2, -0.15) is 0 Å². The summed E-state index contributed by atoms with van der Waals surface area (Å²) in [6.07, 6.45) is 0. The van der Waals surface area contributed by atoms with E-state index in [1.165, 1.54) is 0 Å². The van der Waals surface area contributed by atoms with Crippen LogP contribution in [0.25, 0.3) is 0 Å². The summed E-state index contributed by atoms with van der Waals surface area (Å²) in [5.41, 5.74) is 5.33. The molecule has 1 atom stereocenters. The van der Waals surface area contributed by atoms with E-state index in [1.807, 2.05) is 0 Å². The quantitative estimate of drug-likeness (QED) is 0.828.